The van der Waals surface area contributed by atoms with Crippen molar-refractivity contribution in [1.29, 1.82) is 0 Å². The van der Waals surface area contributed by atoms with Gasteiger partial charge in [0.2, 0.25) is 0 Å². The van der Waals surface area contributed by atoms with E-state index in [4.69, 9.17) is 4.98 Å². The summed E-state index contributed by atoms with van der Waals surface area (Å²) < 4.78 is 2.27. The summed E-state index contributed by atoms with van der Waals surface area (Å²) in [6, 6.07) is 10.4. The SMILES string of the molecule is CCn1c(CN(Cc2sccc2C)CC(C)O)nc2ccccc21. The standard InChI is InChI=1S/C19H25N3OS/c1-4-22-17-8-6-5-7-16(17)20-19(22)13-21(11-15(3)23)12-18-14(2)9-10-24-18/h5-10,15,23H,4,11-13H2,1-3H3. The Morgan fingerprint density at radius 3 is 2.71 bits per heavy atom. The molecule has 2 aromatic heterocycles. The average molecular weight is 343 g/mol. The number of nitrogens with zero attached hydrogens (tertiary/aromatic N) is 3. The fraction of sp³-hybridized carbons (Fsp3) is 0.421. The molecule has 0 bridgehead atoms. The van der Waals surface area contributed by atoms with E-state index >= 15 is 0 Å². The van der Waals surface area contributed by atoms with Gasteiger partial charge in [-0.05, 0) is 49.9 Å². The highest BCUT2D eigenvalue weighted by Crippen LogP contribution is 2.21. The van der Waals surface area contributed by atoms with Crippen LogP contribution in [0.15, 0.2) is 35.7 Å². The smallest absolute Gasteiger partial charge is 0.124 e. The van der Waals surface area contributed by atoms with Gasteiger partial charge < -0.3 is 9.67 Å². The lowest BCUT2D eigenvalue weighted by Gasteiger charge is -2.23. The maximum absolute atomic E-state index is 9.90. The van der Waals surface area contributed by atoms with Crippen molar-refractivity contribution >= 4 is 22.4 Å². The number of aryl methyl sites for hydroxylation is 2. The predicted molar refractivity (Wildman–Crippen MR) is 100 cm³/mol. The molecule has 3 rings (SSSR count). The molecule has 5 heteroatoms. The summed E-state index contributed by atoms with van der Waals surface area (Å²) in [6.07, 6.45) is -0.357. The Morgan fingerprint density at radius 2 is 2.04 bits per heavy atom. The molecular weight excluding hydrogens is 318 g/mol. The third kappa shape index (κ3) is 3.69. The molecule has 0 spiro atoms. The van der Waals surface area contributed by atoms with Crippen LogP contribution in [0, 0.1) is 6.92 Å². The summed E-state index contributed by atoms with van der Waals surface area (Å²) in [7, 11) is 0. The van der Waals surface area contributed by atoms with Crippen molar-refractivity contribution < 1.29 is 5.11 Å². The summed E-state index contributed by atoms with van der Waals surface area (Å²) in [5.74, 6) is 1.06. The van der Waals surface area contributed by atoms with Gasteiger partial charge in [0.15, 0.2) is 0 Å². The van der Waals surface area contributed by atoms with Gasteiger partial charge in [-0.25, -0.2) is 4.98 Å². The van der Waals surface area contributed by atoms with Crippen LogP contribution in [0.5, 0.6) is 0 Å². The fourth-order valence-corrected chi connectivity index (χ4v) is 4.07. The summed E-state index contributed by atoms with van der Waals surface area (Å²) in [6.45, 7) is 9.28. The topological polar surface area (TPSA) is 41.3 Å². The second-order valence-corrected chi connectivity index (χ2v) is 7.31. The number of hydrogen-bond acceptors (Lipinski definition) is 4. The van der Waals surface area contributed by atoms with Crippen molar-refractivity contribution in [3.8, 4) is 0 Å². The van der Waals surface area contributed by atoms with Crippen LogP contribution in [0.25, 0.3) is 11.0 Å². The first-order chi connectivity index (χ1) is 11.6. The molecule has 1 atom stereocenters. The summed E-state index contributed by atoms with van der Waals surface area (Å²) in [5.41, 5.74) is 3.54. The predicted octanol–water partition coefficient (Wildman–Crippen LogP) is 3.81. The Morgan fingerprint density at radius 1 is 1.25 bits per heavy atom. The van der Waals surface area contributed by atoms with Crippen molar-refractivity contribution in [2.45, 2.75) is 46.5 Å². The largest absolute Gasteiger partial charge is 0.392 e. The summed E-state index contributed by atoms with van der Waals surface area (Å²) in [5, 5.41) is 12.0. The van der Waals surface area contributed by atoms with E-state index in [2.05, 4.69) is 53.0 Å². The molecule has 4 nitrogen and oxygen atoms in total. The van der Waals surface area contributed by atoms with Crippen molar-refractivity contribution in [3.05, 3.63) is 52.0 Å². The molecule has 0 saturated heterocycles. The third-order valence-corrected chi connectivity index (χ3v) is 5.28. The Kier molecular flexibility index (Phi) is 5.33. The lowest BCUT2D eigenvalue weighted by Crippen LogP contribution is -2.31. The van der Waals surface area contributed by atoms with E-state index in [-0.39, 0.29) is 6.10 Å². The van der Waals surface area contributed by atoms with Gasteiger partial charge >= 0.3 is 0 Å². The first-order valence-electron chi connectivity index (χ1n) is 8.46. The number of aromatic nitrogens is 2. The van der Waals surface area contributed by atoms with E-state index in [1.165, 1.54) is 16.0 Å². The zero-order valence-electron chi connectivity index (χ0n) is 14.6. The highest BCUT2D eigenvalue weighted by atomic mass is 32.1. The Labute approximate surface area is 147 Å². The van der Waals surface area contributed by atoms with Crippen LogP contribution in [0.2, 0.25) is 0 Å². The lowest BCUT2D eigenvalue weighted by atomic mass is 10.2. The highest BCUT2D eigenvalue weighted by molar-refractivity contribution is 7.10. The van der Waals surface area contributed by atoms with Gasteiger partial charge in [-0.1, -0.05) is 12.1 Å². The molecule has 0 aliphatic rings. The molecule has 0 radical (unpaired) electrons. The van der Waals surface area contributed by atoms with Gasteiger partial charge in [-0.3, -0.25) is 4.90 Å². The van der Waals surface area contributed by atoms with E-state index in [0.717, 1.165) is 31.0 Å². The van der Waals surface area contributed by atoms with Gasteiger partial charge in [0, 0.05) is 24.5 Å². The third-order valence-electron chi connectivity index (χ3n) is 4.27. The number of imidazole rings is 1. The number of para-hydroxylation sites is 2. The highest BCUT2D eigenvalue weighted by Gasteiger charge is 2.16. The molecule has 1 aromatic carbocycles. The monoisotopic (exact) mass is 343 g/mol. The molecule has 0 aliphatic carbocycles. The van der Waals surface area contributed by atoms with Gasteiger partial charge in [0.05, 0.1) is 23.7 Å². The van der Waals surface area contributed by atoms with Crippen LogP contribution >= 0.6 is 11.3 Å². The molecule has 3 aromatic rings. The van der Waals surface area contributed by atoms with Gasteiger partial charge in [0.1, 0.15) is 5.82 Å². The van der Waals surface area contributed by atoms with Crippen LogP contribution in [-0.4, -0.2) is 32.2 Å². The van der Waals surface area contributed by atoms with Crippen molar-refractivity contribution in [2.24, 2.45) is 0 Å². The number of rotatable bonds is 7. The summed E-state index contributed by atoms with van der Waals surface area (Å²) >= 11 is 1.78. The molecule has 2 heterocycles. The van der Waals surface area contributed by atoms with Crippen LogP contribution < -0.4 is 0 Å². The van der Waals surface area contributed by atoms with E-state index < -0.39 is 0 Å². The van der Waals surface area contributed by atoms with Crippen LogP contribution in [-0.2, 0) is 19.6 Å². The number of benzene rings is 1. The van der Waals surface area contributed by atoms with Crippen molar-refractivity contribution in [2.75, 3.05) is 6.54 Å². The van der Waals surface area contributed by atoms with Gasteiger partial charge in [-0.15, -0.1) is 11.3 Å². The summed E-state index contributed by atoms with van der Waals surface area (Å²) in [4.78, 5) is 8.47. The maximum Gasteiger partial charge on any atom is 0.124 e. The van der Waals surface area contributed by atoms with E-state index in [9.17, 15) is 5.11 Å². The molecule has 24 heavy (non-hydrogen) atoms. The van der Waals surface area contributed by atoms with Crippen LogP contribution in [0.1, 0.15) is 30.1 Å². The van der Waals surface area contributed by atoms with Gasteiger partial charge in [0.25, 0.3) is 0 Å². The second-order valence-electron chi connectivity index (χ2n) is 6.31. The molecule has 0 aliphatic heterocycles. The van der Waals surface area contributed by atoms with Crippen LogP contribution in [0.4, 0.5) is 0 Å². The molecule has 0 saturated carbocycles. The minimum Gasteiger partial charge on any atom is -0.392 e. The lowest BCUT2D eigenvalue weighted by molar-refractivity contribution is 0.116. The van der Waals surface area contributed by atoms with Crippen LogP contribution in [0.3, 0.4) is 0 Å². The Bertz CT molecular complexity index is 806. The molecule has 1 unspecified atom stereocenters. The quantitative estimate of drug-likeness (QED) is 0.709. The molecular formula is C19H25N3OS. The Balaban J connectivity index is 1.88. The average Bonchev–Trinajstić information content (AvgIpc) is 3.09. The molecule has 128 valence electrons. The molecule has 0 amide bonds. The van der Waals surface area contributed by atoms with Crippen molar-refractivity contribution in [1.82, 2.24) is 14.5 Å². The normalized spacial score (nSPS) is 13.0. The van der Waals surface area contributed by atoms with Crippen molar-refractivity contribution in [3.63, 3.8) is 0 Å². The zero-order valence-corrected chi connectivity index (χ0v) is 15.4. The first kappa shape index (κ1) is 17.1. The van der Waals surface area contributed by atoms with Gasteiger partial charge in [-0.2, -0.15) is 0 Å². The second kappa shape index (κ2) is 7.47. The minimum atomic E-state index is -0.357. The first-order valence-corrected chi connectivity index (χ1v) is 9.34. The minimum absolute atomic E-state index is 0.357. The fourth-order valence-electron chi connectivity index (χ4n) is 3.13. The number of thiophene rings is 1. The molecule has 0 fully saturated rings. The maximum atomic E-state index is 9.90. The number of fused-ring (bicyclic) bond motifs is 1. The molecule has 1 N–H and O–H groups in total. The van der Waals surface area contributed by atoms with E-state index in [1.54, 1.807) is 11.3 Å². The van der Waals surface area contributed by atoms with E-state index in [1.807, 2.05) is 13.0 Å². The van der Waals surface area contributed by atoms with E-state index in [0.29, 0.717) is 6.54 Å². The number of aliphatic hydroxyl groups is 1. The zero-order chi connectivity index (χ0) is 17.1. The number of aliphatic hydroxyl groups excluding tert-OH is 1. The Hall–Kier alpha value is -1.69. The number of hydrogen-bond donors (Lipinski definition) is 1.